The maximum Gasteiger partial charge on any atom is 0.258 e. The van der Waals surface area contributed by atoms with Gasteiger partial charge in [0.2, 0.25) is 0 Å². The van der Waals surface area contributed by atoms with Gasteiger partial charge in [-0.15, -0.1) is 11.3 Å². The minimum atomic E-state index is -0.223. The van der Waals surface area contributed by atoms with Crippen LogP contribution >= 0.6 is 23.1 Å². The molecule has 0 radical (unpaired) electrons. The first-order valence-electron chi connectivity index (χ1n) is 6.00. The van der Waals surface area contributed by atoms with Crippen LogP contribution in [-0.2, 0) is 11.5 Å². The minimum Gasteiger partial charge on any atom is -0.269 e. The van der Waals surface area contributed by atoms with Crippen LogP contribution in [0.4, 0.5) is 4.39 Å². The Hall–Kier alpha value is -1.66. The predicted octanol–water partition coefficient (Wildman–Crippen LogP) is 3.33. The molecule has 1 aromatic carbocycles. The zero-order valence-corrected chi connectivity index (χ0v) is 12.1. The fourth-order valence-corrected chi connectivity index (χ4v) is 3.47. The van der Waals surface area contributed by atoms with Crippen molar-refractivity contribution in [3.63, 3.8) is 0 Å². The van der Waals surface area contributed by atoms with Crippen LogP contribution < -0.4 is 5.56 Å². The molecule has 102 valence electrons. The van der Waals surface area contributed by atoms with Crippen molar-refractivity contribution in [2.24, 2.45) is 0 Å². The van der Waals surface area contributed by atoms with Crippen LogP contribution in [-0.4, -0.2) is 9.38 Å². The molecule has 0 aliphatic heterocycles. The van der Waals surface area contributed by atoms with Gasteiger partial charge in [-0.1, -0.05) is 12.1 Å². The molecule has 3 rings (SSSR count). The van der Waals surface area contributed by atoms with Crippen LogP contribution in [0.5, 0.6) is 0 Å². The molecule has 2 heterocycles. The Morgan fingerprint density at radius 2 is 2.20 bits per heavy atom. The van der Waals surface area contributed by atoms with E-state index in [1.165, 1.54) is 27.9 Å². The van der Waals surface area contributed by atoms with Crippen molar-refractivity contribution in [2.75, 3.05) is 0 Å². The van der Waals surface area contributed by atoms with E-state index < -0.39 is 0 Å². The van der Waals surface area contributed by atoms with Crippen LogP contribution in [0, 0.1) is 5.82 Å². The Labute approximate surface area is 123 Å². The molecule has 0 aliphatic rings. The molecule has 6 heteroatoms. The normalized spacial score (nSPS) is 11.1. The second kappa shape index (κ2) is 5.76. The molecule has 0 amide bonds. The van der Waals surface area contributed by atoms with Gasteiger partial charge in [0.05, 0.1) is 5.69 Å². The Kier molecular flexibility index (Phi) is 3.84. The molecule has 0 saturated carbocycles. The lowest BCUT2D eigenvalue weighted by molar-refractivity contribution is 0.626. The zero-order valence-electron chi connectivity index (χ0n) is 10.5. The molecule has 3 aromatic rings. The average Bonchev–Trinajstić information content (AvgIpc) is 2.88. The van der Waals surface area contributed by atoms with Crippen LogP contribution in [0.25, 0.3) is 4.96 Å². The number of thiazole rings is 1. The summed E-state index contributed by atoms with van der Waals surface area (Å²) in [4.78, 5) is 16.9. The number of rotatable bonds is 4. The Balaban J connectivity index is 1.69. The number of halogens is 1. The fourth-order valence-electron chi connectivity index (χ4n) is 1.86. The van der Waals surface area contributed by atoms with E-state index in [1.807, 2.05) is 11.4 Å². The van der Waals surface area contributed by atoms with Gasteiger partial charge in [-0.05, 0) is 17.7 Å². The van der Waals surface area contributed by atoms with Crippen molar-refractivity contribution in [3.8, 4) is 0 Å². The minimum absolute atomic E-state index is 0.0578. The van der Waals surface area contributed by atoms with Gasteiger partial charge in [-0.25, -0.2) is 9.37 Å². The van der Waals surface area contributed by atoms with E-state index >= 15 is 0 Å². The average molecular weight is 306 g/mol. The third kappa shape index (κ3) is 2.91. The molecule has 3 nitrogen and oxygen atoms in total. The first-order chi connectivity index (χ1) is 9.72. The number of fused-ring (bicyclic) bond motifs is 1. The lowest BCUT2D eigenvalue weighted by Gasteiger charge is -2.02. The zero-order chi connectivity index (χ0) is 13.9. The first kappa shape index (κ1) is 13.3. The third-order valence-corrected chi connectivity index (χ3v) is 4.56. The van der Waals surface area contributed by atoms with Gasteiger partial charge in [0.25, 0.3) is 5.56 Å². The van der Waals surface area contributed by atoms with Gasteiger partial charge in [0.1, 0.15) is 5.82 Å². The summed E-state index contributed by atoms with van der Waals surface area (Å²) in [5, 5.41) is 1.84. The molecule has 20 heavy (non-hydrogen) atoms. The van der Waals surface area contributed by atoms with Crippen LogP contribution in [0.15, 0.2) is 46.7 Å². The molecule has 0 N–H and O–H groups in total. The molecular formula is C14H11FN2OS2. The van der Waals surface area contributed by atoms with Gasteiger partial charge in [-0.2, -0.15) is 11.8 Å². The number of thioether (sulfide) groups is 1. The molecule has 0 aliphatic carbocycles. The third-order valence-electron chi connectivity index (χ3n) is 2.76. The highest BCUT2D eigenvalue weighted by Crippen LogP contribution is 2.17. The topological polar surface area (TPSA) is 34.4 Å². The summed E-state index contributed by atoms with van der Waals surface area (Å²) in [6, 6.07) is 8.10. The Bertz CT molecular complexity index is 797. The predicted molar refractivity (Wildman–Crippen MR) is 80.7 cm³/mol. The van der Waals surface area contributed by atoms with E-state index in [0.717, 1.165) is 11.3 Å². The van der Waals surface area contributed by atoms with Crippen LogP contribution in [0.1, 0.15) is 11.3 Å². The number of hydrogen-bond donors (Lipinski definition) is 0. The monoisotopic (exact) mass is 306 g/mol. The summed E-state index contributed by atoms with van der Waals surface area (Å²) >= 11 is 3.06. The second-order valence-electron chi connectivity index (χ2n) is 4.26. The highest BCUT2D eigenvalue weighted by atomic mass is 32.2. The molecule has 0 unspecified atom stereocenters. The molecule has 0 atom stereocenters. The van der Waals surface area contributed by atoms with E-state index in [-0.39, 0.29) is 11.4 Å². The number of benzene rings is 1. The standard InChI is InChI=1S/C14H11FN2OS2/c15-11-3-1-2-10(6-11)8-19-9-12-7-13(18)17-4-5-20-14(17)16-12/h1-7H,8-9H2. The van der Waals surface area contributed by atoms with Gasteiger partial charge in [-0.3, -0.25) is 9.20 Å². The lowest BCUT2D eigenvalue weighted by atomic mass is 10.2. The fraction of sp³-hybridized carbons (Fsp3) is 0.143. The van der Waals surface area contributed by atoms with Crippen molar-refractivity contribution in [1.29, 1.82) is 0 Å². The lowest BCUT2D eigenvalue weighted by Crippen LogP contribution is -2.12. The van der Waals surface area contributed by atoms with E-state index in [2.05, 4.69) is 4.98 Å². The summed E-state index contributed by atoms with van der Waals surface area (Å²) in [6.07, 6.45) is 1.72. The maximum atomic E-state index is 13.0. The molecule has 0 bridgehead atoms. The van der Waals surface area contributed by atoms with E-state index in [1.54, 1.807) is 30.1 Å². The molecule has 0 spiro atoms. The summed E-state index contributed by atoms with van der Waals surface area (Å²) < 4.78 is 14.6. The van der Waals surface area contributed by atoms with Crippen LogP contribution in [0.2, 0.25) is 0 Å². The van der Waals surface area contributed by atoms with Crippen LogP contribution in [0.3, 0.4) is 0 Å². The summed E-state index contributed by atoms with van der Waals surface area (Å²) in [5.41, 5.74) is 1.64. The second-order valence-corrected chi connectivity index (χ2v) is 6.12. The highest BCUT2D eigenvalue weighted by Gasteiger charge is 2.04. The first-order valence-corrected chi connectivity index (χ1v) is 8.04. The molecule has 2 aromatic heterocycles. The van der Waals surface area contributed by atoms with E-state index in [4.69, 9.17) is 0 Å². The number of aromatic nitrogens is 2. The largest absolute Gasteiger partial charge is 0.269 e. The maximum absolute atomic E-state index is 13.0. The molecular weight excluding hydrogens is 295 g/mol. The SMILES string of the molecule is O=c1cc(CSCc2cccc(F)c2)nc2sccn12. The van der Waals surface area contributed by atoms with Gasteiger partial charge in [0.15, 0.2) is 4.96 Å². The van der Waals surface area contributed by atoms with Crippen molar-refractivity contribution < 1.29 is 4.39 Å². The number of hydrogen-bond acceptors (Lipinski definition) is 4. The van der Waals surface area contributed by atoms with Crippen molar-refractivity contribution in [3.05, 3.63) is 69.3 Å². The summed E-state index contributed by atoms with van der Waals surface area (Å²) in [5.74, 6) is 1.11. The summed E-state index contributed by atoms with van der Waals surface area (Å²) in [6.45, 7) is 0. The smallest absolute Gasteiger partial charge is 0.258 e. The van der Waals surface area contributed by atoms with Crippen molar-refractivity contribution in [1.82, 2.24) is 9.38 Å². The van der Waals surface area contributed by atoms with Gasteiger partial charge >= 0.3 is 0 Å². The van der Waals surface area contributed by atoms with Crippen molar-refractivity contribution in [2.45, 2.75) is 11.5 Å². The number of nitrogens with zero attached hydrogens (tertiary/aromatic N) is 2. The van der Waals surface area contributed by atoms with Gasteiger partial charge < -0.3 is 0 Å². The summed E-state index contributed by atoms with van der Waals surface area (Å²) in [7, 11) is 0. The van der Waals surface area contributed by atoms with E-state index in [0.29, 0.717) is 16.5 Å². The van der Waals surface area contributed by atoms with E-state index in [9.17, 15) is 9.18 Å². The van der Waals surface area contributed by atoms with Gasteiger partial charge in [0, 0.05) is 29.1 Å². The quantitative estimate of drug-likeness (QED) is 0.741. The van der Waals surface area contributed by atoms with Crippen molar-refractivity contribution >= 4 is 28.1 Å². The Morgan fingerprint density at radius 3 is 3.05 bits per heavy atom. The molecule has 0 fully saturated rings. The highest BCUT2D eigenvalue weighted by molar-refractivity contribution is 7.97. The molecule has 0 saturated heterocycles. The Morgan fingerprint density at radius 1 is 1.30 bits per heavy atom.